The molecular formula is C19H30N6O2. The summed E-state index contributed by atoms with van der Waals surface area (Å²) in [6.45, 7) is 14.5. The van der Waals surface area contributed by atoms with Gasteiger partial charge in [0.25, 0.3) is 0 Å². The third-order valence-corrected chi connectivity index (χ3v) is 4.82. The van der Waals surface area contributed by atoms with Crippen LogP contribution in [0.4, 0.5) is 5.82 Å². The maximum atomic E-state index is 5.34. The third kappa shape index (κ3) is 4.62. The standard InChI is InChI=1S/C19H30N6O2/c1-13(17-20-14(2)23-27-17)24-7-9-25(10-8-24)16-11-15(12-26-6)21-18(22-16)19(3,4)5/h11,13H,7-10,12H2,1-6H3. The first-order chi connectivity index (χ1) is 12.8. The second kappa shape index (κ2) is 7.90. The van der Waals surface area contributed by atoms with Crippen LogP contribution in [0.15, 0.2) is 10.6 Å². The molecule has 0 aliphatic carbocycles. The lowest BCUT2D eigenvalue weighted by Crippen LogP contribution is -2.47. The summed E-state index contributed by atoms with van der Waals surface area (Å²) in [6, 6.07) is 2.16. The van der Waals surface area contributed by atoms with Gasteiger partial charge in [-0.2, -0.15) is 4.98 Å². The molecule has 1 aliphatic rings. The number of hydrogen-bond donors (Lipinski definition) is 0. The minimum Gasteiger partial charge on any atom is -0.378 e. The van der Waals surface area contributed by atoms with E-state index < -0.39 is 0 Å². The first-order valence-corrected chi connectivity index (χ1v) is 9.44. The predicted molar refractivity (Wildman–Crippen MR) is 103 cm³/mol. The Balaban J connectivity index is 1.72. The normalized spacial score (nSPS) is 17.3. The van der Waals surface area contributed by atoms with Crippen molar-refractivity contribution < 1.29 is 9.26 Å². The molecule has 1 fully saturated rings. The molecule has 0 saturated carbocycles. The summed E-state index contributed by atoms with van der Waals surface area (Å²) in [7, 11) is 1.69. The molecule has 0 amide bonds. The molecule has 0 bridgehead atoms. The number of ether oxygens (including phenoxy) is 1. The number of nitrogens with zero attached hydrogens (tertiary/aromatic N) is 6. The van der Waals surface area contributed by atoms with Crippen LogP contribution in [-0.2, 0) is 16.8 Å². The van der Waals surface area contributed by atoms with Gasteiger partial charge in [0.1, 0.15) is 11.6 Å². The van der Waals surface area contributed by atoms with Gasteiger partial charge >= 0.3 is 0 Å². The van der Waals surface area contributed by atoms with Crippen LogP contribution in [-0.4, -0.2) is 58.3 Å². The number of methoxy groups -OCH3 is 1. The molecule has 8 nitrogen and oxygen atoms in total. The van der Waals surface area contributed by atoms with E-state index >= 15 is 0 Å². The first kappa shape index (κ1) is 19.7. The van der Waals surface area contributed by atoms with E-state index in [0.717, 1.165) is 43.5 Å². The fourth-order valence-electron chi connectivity index (χ4n) is 3.18. The van der Waals surface area contributed by atoms with E-state index in [1.165, 1.54) is 0 Å². The fourth-order valence-corrected chi connectivity index (χ4v) is 3.18. The summed E-state index contributed by atoms with van der Waals surface area (Å²) in [5.41, 5.74) is 0.814. The summed E-state index contributed by atoms with van der Waals surface area (Å²) >= 11 is 0. The van der Waals surface area contributed by atoms with Crippen molar-refractivity contribution in [2.45, 2.75) is 52.7 Å². The number of anilines is 1. The molecule has 0 N–H and O–H groups in total. The zero-order valence-electron chi connectivity index (χ0n) is 17.2. The van der Waals surface area contributed by atoms with E-state index in [4.69, 9.17) is 14.2 Å². The third-order valence-electron chi connectivity index (χ3n) is 4.82. The van der Waals surface area contributed by atoms with Crippen molar-refractivity contribution in [1.29, 1.82) is 0 Å². The summed E-state index contributed by atoms with van der Waals surface area (Å²) in [6.07, 6.45) is 0. The Morgan fingerprint density at radius 2 is 1.85 bits per heavy atom. The highest BCUT2D eigenvalue weighted by Crippen LogP contribution is 2.25. The van der Waals surface area contributed by atoms with Gasteiger partial charge in [-0.05, 0) is 13.8 Å². The second-order valence-electron chi connectivity index (χ2n) is 8.10. The Kier molecular flexibility index (Phi) is 5.76. The van der Waals surface area contributed by atoms with Crippen molar-refractivity contribution in [1.82, 2.24) is 25.0 Å². The van der Waals surface area contributed by atoms with Crippen LogP contribution < -0.4 is 4.90 Å². The van der Waals surface area contributed by atoms with Crippen LogP contribution in [0.1, 0.15) is 57.0 Å². The van der Waals surface area contributed by atoms with E-state index in [0.29, 0.717) is 18.3 Å². The summed E-state index contributed by atoms with van der Waals surface area (Å²) in [5, 5.41) is 3.90. The monoisotopic (exact) mass is 374 g/mol. The SMILES string of the molecule is COCc1cc(N2CCN(C(C)c3nc(C)no3)CC2)nc(C(C)(C)C)n1. The maximum absolute atomic E-state index is 5.34. The van der Waals surface area contributed by atoms with Gasteiger partial charge in [0.15, 0.2) is 5.82 Å². The quantitative estimate of drug-likeness (QED) is 0.790. The van der Waals surface area contributed by atoms with Crippen molar-refractivity contribution in [2.24, 2.45) is 0 Å². The summed E-state index contributed by atoms with van der Waals surface area (Å²) < 4.78 is 10.6. The fraction of sp³-hybridized carbons (Fsp3) is 0.684. The second-order valence-corrected chi connectivity index (χ2v) is 8.10. The van der Waals surface area contributed by atoms with Crippen LogP contribution in [0.3, 0.4) is 0 Å². The minimum absolute atomic E-state index is 0.106. The molecule has 148 valence electrons. The summed E-state index contributed by atoms with van der Waals surface area (Å²) in [4.78, 5) is 18.6. The number of rotatable bonds is 5. The van der Waals surface area contributed by atoms with Crippen molar-refractivity contribution in [3.05, 3.63) is 29.3 Å². The minimum atomic E-state index is -0.106. The van der Waals surface area contributed by atoms with Crippen molar-refractivity contribution in [2.75, 3.05) is 38.2 Å². The molecule has 0 spiro atoms. The van der Waals surface area contributed by atoms with E-state index in [-0.39, 0.29) is 11.5 Å². The van der Waals surface area contributed by atoms with Gasteiger partial charge in [-0.25, -0.2) is 9.97 Å². The predicted octanol–water partition coefficient (Wildman–Crippen LogP) is 2.50. The maximum Gasteiger partial charge on any atom is 0.243 e. The van der Waals surface area contributed by atoms with Gasteiger partial charge in [-0.1, -0.05) is 25.9 Å². The topological polar surface area (TPSA) is 80.4 Å². The molecule has 8 heteroatoms. The van der Waals surface area contributed by atoms with Crippen LogP contribution in [0, 0.1) is 6.92 Å². The highest BCUT2D eigenvalue weighted by molar-refractivity contribution is 5.41. The smallest absolute Gasteiger partial charge is 0.243 e. The largest absolute Gasteiger partial charge is 0.378 e. The molecule has 27 heavy (non-hydrogen) atoms. The lowest BCUT2D eigenvalue weighted by molar-refractivity contribution is 0.163. The Morgan fingerprint density at radius 1 is 1.15 bits per heavy atom. The number of piperazine rings is 1. The van der Waals surface area contributed by atoms with Crippen LogP contribution in [0.25, 0.3) is 0 Å². The van der Waals surface area contributed by atoms with Gasteiger partial charge in [0.2, 0.25) is 5.89 Å². The molecule has 3 heterocycles. The zero-order valence-corrected chi connectivity index (χ0v) is 17.2. The average molecular weight is 374 g/mol. The molecule has 1 aliphatic heterocycles. The molecule has 1 saturated heterocycles. The van der Waals surface area contributed by atoms with E-state index in [1.54, 1.807) is 7.11 Å². The lowest BCUT2D eigenvalue weighted by atomic mass is 9.95. The average Bonchev–Trinajstić information content (AvgIpc) is 3.07. The molecule has 0 aromatic carbocycles. The van der Waals surface area contributed by atoms with E-state index in [9.17, 15) is 0 Å². The summed E-state index contributed by atoms with van der Waals surface area (Å²) in [5.74, 6) is 3.18. The lowest BCUT2D eigenvalue weighted by Gasteiger charge is -2.37. The Hall–Kier alpha value is -2.06. The molecule has 0 radical (unpaired) electrons. The highest BCUT2D eigenvalue weighted by atomic mass is 16.5. The van der Waals surface area contributed by atoms with Crippen molar-refractivity contribution >= 4 is 5.82 Å². The van der Waals surface area contributed by atoms with Gasteiger partial charge < -0.3 is 14.2 Å². The van der Waals surface area contributed by atoms with Crippen LogP contribution in [0.5, 0.6) is 0 Å². The Morgan fingerprint density at radius 3 is 2.41 bits per heavy atom. The highest BCUT2D eigenvalue weighted by Gasteiger charge is 2.27. The van der Waals surface area contributed by atoms with Gasteiger partial charge in [0, 0.05) is 44.8 Å². The molecule has 3 rings (SSSR count). The molecule has 2 aromatic heterocycles. The van der Waals surface area contributed by atoms with Crippen LogP contribution >= 0.6 is 0 Å². The number of aryl methyl sites for hydroxylation is 1. The Labute approximate surface area is 160 Å². The molecular weight excluding hydrogens is 344 g/mol. The number of hydrogen-bond acceptors (Lipinski definition) is 8. The van der Waals surface area contributed by atoms with Crippen molar-refractivity contribution in [3.8, 4) is 0 Å². The molecule has 1 unspecified atom stereocenters. The first-order valence-electron chi connectivity index (χ1n) is 9.44. The van der Waals surface area contributed by atoms with E-state index in [1.807, 2.05) is 13.0 Å². The Bertz CT molecular complexity index is 762. The zero-order chi connectivity index (χ0) is 19.6. The molecule has 2 aromatic rings. The number of aromatic nitrogens is 4. The van der Waals surface area contributed by atoms with Crippen molar-refractivity contribution in [3.63, 3.8) is 0 Å². The van der Waals surface area contributed by atoms with Gasteiger partial charge in [-0.15, -0.1) is 0 Å². The molecule has 1 atom stereocenters. The van der Waals surface area contributed by atoms with E-state index in [2.05, 4.69) is 52.6 Å². The van der Waals surface area contributed by atoms with Crippen LogP contribution in [0.2, 0.25) is 0 Å². The van der Waals surface area contributed by atoms with Gasteiger partial charge in [-0.3, -0.25) is 4.90 Å². The van der Waals surface area contributed by atoms with Gasteiger partial charge in [0.05, 0.1) is 18.3 Å².